The molecule has 8 heteroatoms. The number of carbonyl (C=O) groups is 1. The largest absolute Gasteiger partial charge is 0.321 e. The highest BCUT2D eigenvalue weighted by molar-refractivity contribution is 7.93. The van der Waals surface area contributed by atoms with Crippen LogP contribution in [0.5, 0.6) is 0 Å². The summed E-state index contributed by atoms with van der Waals surface area (Å²) in [5.41, 5.74) is 2.90. The number of rotatable bonds is 3. The maximum Gasteiger partial charge on any atom is 0.274 e. The number of hydrogen-bond acceptors (Lipinski definition) is 4. The number of hydrogen-bond donors (Lipinski definition) is 1. The van der Waals surface area contributed by atoms with Crippen molar-refractivity contribution >= 4 is 33.0 Å². The molecule has 1 fully saturated rings. The Labute approximate surface area is 151 Å². The summed E-state index contributed by atoms with van der Waals surface area (Å²) in [4.78, 5) is 17.2. The normalized spacial score (nSPS) is 16.1. The highest BCUT2D eigenvalue weighted by Gasteiger charge is 2.28. The monoisotopic (exact) mass is 370 g/mol. The van der Waals surface area contributed by atoms with Crippen LogP contribution in [0.2, 0.25) is 0 Å². The lowest BCUT2D eigenvalue weighted by molar-refractivity contribution is 0.102. The van der Waals surface area contributed by atoms with Crippen LogP contribution in [0.1, 0.15) is 22.6 Å². The maximum absolute atomic E-state index is 12.8. The first-order chi connectivity index (χ1) is 12.5. The van der Waals surface area contributed by atoms with Crippen LogP contribution in [0, 0.1) is 6.92 Å². The third kappa shape index (κ3) is 2.82. The number of nitrogens with zero attached hydrogens (tertiary/aromatic N) is 3. The molecule has 2 aromatic heterocycles. The van der Waals surface area contributed by atoms with Crippen molar-refractivity contribution in [3.8, 4) is 0 Å². The summed E-state index contributed by atoms with van der Waals surface area (Å²) in [6.45, 7) is 2.25. The second kappa shape index (κ2) is 6.14. The molecule has 0 bridgehead atoms. The van der Waals surface area contributed by atoms with Gasteiger partial charge in [0, 0.05) is 18.4 Å². The molecule has 0 atom stereocenters. The number of imidazole rings is 1. The van der Waals surface area contributed by atoms with E-state index in [9.17, 15) is 13.2 Å². The maximum atomic E-state index is 12.8. The summed E-state index contributed by atoms with van der Waals surface area (Å²) >= 11 is 0. The number of aryl methyl sites for hydroxylation is 1. The number of anilines is 2. The lowest BCUT2D eigenvalue weighted by atomic mass is 10.2. The molecule has 1 saturated heterocycles. The number of carbonyl (C=O) groups excluding carboxylic acids is 1. The number of sulfonamides is 1. The topological polar surface area (TPSA) is 83.8 Å². The van der Waals surface area contributed by atoms with Crippen LogP contribution in [-0.4, -0.2) is 36.0 Å². The molecular weight excluding hydrogens is 352 g/mol. The standard InChI is InChI=1S/C18H18N4O3S/c1-13-17(21-9-3-2-8-16(21)19-13)18(23)20-14-6-4-7-15(12-14)22-10-5-11-26(22,24)25/h2-4,6-9,12H,5,10-11H2,1H3,(H,20,23). The van der Waals surface area contributed by atoms with Crippen molar-refractivity contribution in [1.82, 2.24) is 9.38 Å². The zero-order valence-corrected chi connectivity index (χ0v) is 15.0. The van der Waals surface area contributed by atoms with E-state index in [4.69, 9.17) is 0 Å². The zero-order chi connectivity index (χ0) is 18.3. The summed E-state index contributed by atoms with van der Waals surface area (Å²) in [6.07, 6.45) is 2.40. The number of fused-ring (bicyclic) bond motifs is 1. The molecule has 0 unspecified atom stereocenters. The van der Waals surface area contributed by atoms with Crippen LogP contribution >= 0.6 is 0 Å². The molecule has 134 valence electrons. The first-order valence-corrected chi connectivity index (χ1v) is 9.92. The molecule has 0 saturated carbocycles. The predicted molar refractivity (Wildman–Crippen MR) is 100 cm³/mol. The van der Waals surface area contributed by atoms with E-state index in [1.807, 2.05) is 18.2 Å². The van der Waals surface area contributed by atoms with Gasteiger partial charge in [0.1, 0.15) is 11.3 Å². The van der Waals surface area contributed by atoms with Gasteiger partial charge in [-0.2, -0.15) is 0 Å². The molecule has 26 heavy (non-hydrogen) atoms. The van der Waals surface area contributed by atoms with E-state index in [2.05, 4.69) is 10.3 Å². The van der Waals surface area contributed by atoms with E-state index in [1.54, 1.807) is 41.8 Å². The van der Waals surface area contributed by atoms with Crippen molar-refractivity contribution in [1.29, 1.82) is 0 Å². The van der Waals surface area contributed by atoms with E-state index in [0.717, 1.165) is 0 Å². The van der Waals surface area contributed by atoms with E-state index < -0.39 is 10.0 Å². The van der Waals surface area contributed by atoms with Crippen LogP contribution in [0.25, 0.3) is 5.65 Å². The minimum absolute atomic E-state index is 0.157. The Kier molecular flexibility index (Phi) is 3.91. The Morgan fingerprint density at radius 3 is 2.81 bits per heavy atom. The van der Waals surface area contributed by atoms with Crippen LogP contribution < -0.4 is 9.62 Å². The number of aromatic nitrogens is 2. The first kappa shape index (κ1) is 16.6. The smallest absolute Gasteiger partial charge is 0.274 e. The molecule has 4 rings (SSSR count). The Hall–Kier alpha value is -2.87. The Balaban J connectivity index is 1.64. The van der Waals surface area contributed by atoms with Gasteiger partial charge in [0.2, 0.25) is 10.0 Å². The number of amides is 1. The van der Waals surface area contributed by atoms with Crippen molar-refractivity contribution in [3.63, 3.8) is 0 Å². The quantitative estimate of drug-likeness (QED) is 0.767. The molecule has 1 N–H and O–H groups in total. The number of pyridine rings is 1. The average Bonchev–Trinajstić information content (AvgIpc) is 3.13. The average molecular weight is 370 g/mol. The van der Waals surface area contributed by atoms with Gasteiger partial charge in [-0.15, -0.1) is 0 Å². The second-order valence-corrected chi connectivity index (χ2v) is 8.23. The molecule has 1 amide bonds. The molecule has 1 aliphatic rings. The zero-order valence-electron chi connectivity index (χ0n) is 14.2. The summed E-state index contributed by atoms with van der Waals surface area (Å²) in [5.74, 6) is -0.132. The lowest BCUT2D eigenvalue weighted by Crippen LogP contribution is -2.25. The first-order valence-electron chi connectivity index (χ1n) is 8.31. The van der Waals surface area contributed by atoms with Crippen molar-refractivity contribution < 1.29 is 13.2 Å². The van der Waals surface area contributed by atoms with Gasteiger partial charge in [0.05, 0.1) is 17.1 Å². The highest BCUT2D eigenvalue weighted by Crippen LogP contribution is 2.26. The fourth-order valence-electron chi connectivity index (χ4n) is 3.25. The lowest BCUT2D eigenvalue weighted by Gasteiger charge is -2.17. The Morgan fingerprint density at radius 1 is 1.19 bits per heavy atom. The van der Waals surface area contributed by atoms with E-state index in [0.29, 0.717) is 41.4 Å². The van der Waals surface area contributed by atoms with E-state index in [1.165, 1.54) is 4.31 Å². The third-order valence-corrected chi connectivity index (χ3v) is 6.28. The Morgan fingerprint density at radius 2 is 2.04 bits per heavy atom. The van der Waals surface area contributed by atoms with Gasteiger partial charge in [0.15, 0.2) is 0 Å². The van der Waals surface area contributed by atoms with Crippen molar-refractivity contribution in [2.45, 2.75) is 13.3 Å². The summed E-state index contributed by atoms with van der Waals surface area (Å²) in [6, 6.07) is 12.4. The van der Waals surface area contributed by atoms with Crippen LogP contribution in [0.15, 0.2) is 48.7 Å². The molecular formula is C18H18N4O3S. The molecule has 0 spiro atoms. The summed E-state index contributed by atoms with van der Waals surface area (Å²) < 4.78 is 27.3. The van der Waals surface area contributed by atoms with Gasteiger partial charge in [-0.05, 0) is 43.7 Å². The second-order valence-electron chi connectivity index (χ2n) is 6.22. The van der Waals surface area contributed by atoms with Crippen molar-refractivity contribution in [2.24, 2.45) is 0 Å². The predicted octanol–water partition coefficient (Wildman–Crippen LogP) is 2.43. The third-order valence-electron chi connectivity index (χ3n) is 4.41. The molecule has 1 aromatic carbocycles. The van der Waals surface area contributed by atoms with Gasteiger partial charge < -0.3 is 5.32 Å². The van der Waals surface area contributed by atoms with E-state index in [-0.39, 0.29) is 11.7 Å². The van der Waals surface area contributed by atoms with E-state index >= 15 is 0 Å². The molecule has 0 radical (unpaired) electrons. The van der Waals surface area contributed by atoms with Crippen molar-refractivity contribution in [2.75, 3.05) is 21.9 Å². The van der Waals surface area contributed by atoms with Gasteiger partial charge in [-0.1, -0.05) is 12.1 Å². The molecule has 1 aliphatic heterocycles. The van der Waals surface area contributed by atoms with Crippen LogP contribution in [0.4, 0.5) is 11.4 Å². The van der Waals surface area contributed by atoms with Gasteiger partial charge >= 0.3 is 0 Å². The minimum atomic E-state index is -3.26. The Bertz CT molecular complexity index is 1100. The summed E-state index contributed by atoms with van der Waals surface area (Å²) in [7, 11) is -3.26. The van der Waals surface area contributed by atoms with Crippen molar-refractivity contribution in [3.05, 3.63) is 60.0 Å². The number of benzene rings is 1. The van der Waals surface area contributed by atoms with Gasteiger partial charge in [-0.3, -0.25) is 13.5 Å². The highest BCUT2D eigenvalue weighted by atomic mass is 32.2. The molecule has 3 heterocycles. The summed E-state index contributed by atoms with van der Waals surface area (Å²) in [5, 5.41) is 2.85. The molecule has 0 aliphatic carbocycles. The van der Waals surface area contributed by atoms with Crippen LogP contribution in [-0.2, 0) is 10.0 Å². The fourth-order valence-corrected chi connectivity index (χ4v) is 4.80. The minimum Gasteiger partial charge on any atom is -0.321 e. The van der Waals surface area contributed by atoms with Gasteiger partial charge in [0.25, 0.3) is 5.91 Å². The SMILES string of the molecule is Cc1nc2ccccn2c1C(=O)Nc1cccc(N2CCCS2(=O)=O)c1. The molecule has 3 aromatic rings. The molecule has 7 nitrogen and oxygen atoms in total. The van der Waals surface area contributed by atoms with Crippen LogP contribution in [0.3, 0.4) is 0 Å². The fraction of sp³-hybridized carbons (Fsp3) is 0.222. The van der Waals surface area contributed by atoms with Gasteiger partial charge in [-0.25, -0.2) is 13.4 Å². The number of nitrogens with one attached hydrogen (secondary N) is 1.